The van der Waals surface area contributed by atoms with Crippen LogP contribution in [-0.4, -0.2) is 10.9 Å². The maximum Gasteiger partial charge on any atom is 0.163 e. The maximum atomic E-state index is 12.7. The summed E-state index contributed by atoms with van der Waals surface area (Å²) in [6, 6.07) is 3.79. The molecule has 0 amide bonds. The minimum Gasteiger partial charge on any atom is -0.507 e. The molecule has 1 N–H and O–H groups in total. The molecule has 0 radical (unpaired) electrons. The molecule has 0 saturated carbocycles. The Labute approximate surface area is 142 Å². The number of phenolic OH excluding ortho intramolecular Hbond substituents is 1. The Bertz CT molecular complexity index is 521. The zero-order valence-corrected chi connectivity index (χ0v) is 16.2. The van der Waals surface area contributed by atoms with E-state index >= 15 is 0 Å². The van der Waals surface area contributed by atoms with Crippen LogP contribution in [0.15, 0.2) is 12.1 Å². The molecule has 0 spiro atoms. The number of carbonyl (C=O) groups excluding carboxylic acids is 1. The van der Waals surface area contributed by atoms with Crippen LogP contribution < -0.4 is 0 Å². The number of hydrogen-bond donors (Lipinski definition) is 1. The third-order valence-corrected chi connectivity index (χ3v) is 4.36. The molecule has 1 rings (SSSR count). The fourth-order valence-corrected chi connectivity index (χ4v) is 2.97. The lowest BCUT2D eigenvalue weighted by molar-refractivity contribution is 0.0962. The SMILES string of the molecule is CCC[C@H](C)CC(=O)c1cc(C(C)(C)C)c(O)c(C(C)(C)C)c1. The van der Waals surface area contributed by atoms with Gasteiger partial charge in [-0.3, -0.25) is 4.79 Å². The highest BCUT2D eigenvalue weighted by Crippen LogP contribution is 2.40. The Morgan fingerprint density at radius 3 is 1.83 bits per heavy atom. The molecular formula is C21H34O2. The van der Waals surface area contributed by atoms with Crippen molar-refractivity contribution in [3.05, 3.63) is 28.8 Å². The summed E-state index contributed by atoms with van der Waals surface area (Å²) >= 11 is 0. The van der Waals surface area contributed by atoms with Gasteiger partial charge in [0.05, 0.1) is 0 Å². The second-order valence-corrected chi connectivity index (χ2v) is 8.94. The average Bonchev–Trinajstić information content (AvgIpc) is 2.36. The standard InChI is InChI=1S/C21H34O2/c1-9-10-14(2)11-18(22)15-12-16(20(3,4)5)19(23)17(13-15)21(6,7)8/h12-14,23H,9-11H2,1-8H3/t14-/m0/s1. The van der Waals surface area contributed by atoms with E-state index in [1.54, 1.807) is 0 Å². The molecule has 0 aromatic heterocycles. The van der Waals surface area contributed by atoms with Gasteiger partial charge in [-0.25, -0.2) is 0 Å². The molecule has 2 heteroatoms. The van der Waals surface area contributed by atoms with Crippen LogP contribution in [0.4, 0.5) is 0 Å². The van der Waals surface area contributed by atoms with Gasteiger partial charge in [0.2, 0.25) is 0 Å². The van der Waals surface area contributed by atoms with Crippen LogP contribution in [0.2, 0.25) is 0 Å². The van der Waals surface area contributed by atoms with Crippen LogP contribution >= 0.6 is 0 Å². The van der Waals surface area contributed by atoms with E-state index in [1.807, 2.05) is 12.1 Å². The van der Waals surface area contributed by atoms with Crippen molar-refractivity contribution in [2.75, 3.05) is 0 Å². The predicted octanol–water partition coefficient (Wildman–Crippen LogP) is 6.00. The summed E-state index contributed by atoms with van der Waals surface area (Å²) in [5, 5.41) is 10.7. The largest absolute Gasteiger partial charge is 0.507 e. The molecule has 23 heavy (non-hydrogen) atoms. The molecule has 2 nitrogen and oxygen atoms in total. The Morgan fingerprint density at radius 2 is 1.48 bits per heavy atom. The molecule has 0 bridgehead atoms. The summed E-state index contributed by atoms with van der Waals surface area (Å²) in [5.74, 6) is 0.919. The van der Waals surface area contributed by atoms with Crippen molar-refractivity contribution in [2.45, 2.75) is 85.5 Å². The Kier molecular flexibility index (Phi) is 6.06. The molecule has 0 aliphatic rings. The molecular weight excluding hydrogens is 284 g/mol. The van der Waals surface area contributed by atoms with Crippen molar-refractivity contribution in [3.8, 4) is 5.75 Å². The molecule has 0 fully saturated rings. The van der Waals surface area contributed by atoms with Crippen LogP contribution in [0.25, 0.3) is 0 Å². The third kappa shape index (κ3) is 5.09. The van der Waals surface area contributed by atoms with Crippen molar-refractivity contribution in [3.63, 3.8) is 0 Å². The Balaban J connectivity index is 3.36. The van der Waals surface area contributed by atoms with Gasteiger partial charge in [0, 0.05) is 23.1 Å². The van der Waals surface area contributed by atoms with Crippen molar-refractivity contribution >= 4 is 5.78 Å². The van der Waals surface area contributed by atoms with E-state index in [1.165, 1.54) is 0 Å². The van der Waals surface area contributed by atoms with E-state index in [2.05, 4.69) is 55.4 Å². The Morgan fingerprint density at radius 1 is 1.04 bits per heavy atom. The van der Waals surface area contributed by atoms with Crippen LogP contribution in [0.1, 0.15) is 96.1 Å². The number of hydrogen-bond acceptors (Lipinski definition) is 2. The van der Waals surface area contributed by atoms with Crippen LogP contribution in [0.3, 0.4) is 0 Å². The lowest BCUT2D eigenvalue weighted by Gasteiger charge is -2.28. The first-order chi connectivity index (χ1) is 10.4. The number of aromatic hydroxyl groups is 1. The second kappa shape index (κ2) is 7.07. The van der Waals surface area contributed by atoms with Gasteiger partial charge in [0.15, 0.2) is 5.78 Å². The third-order valence-electron chi connectivity index (χ3n) is 4.36. The van der Waals surface area contributed by atoms with E-state index in [9.17, 15) is 9.90 Å². The van der Waals surface area contributed by atoms with Gasteiger partial charge in [-0.2, -0.15) is 0 Å². The van der Waals surface area contributed by atoms with E-state index in [-0.39, 0.29) is 16.6 Å². The zero-order chi connectivity index (χ0) is 18.0. The van der Waals surface area contributed by atoms with Gasteiger partial charge >= 0.3 is 0 Å². The molecule has 1 atom stereocenters. The van der Waals surface area contributed by atoms with E-state index < -0.39 is 0 Å². The quantitative estimate of drug-likeness (QED) is 0.676. The average molecular weight is 319 g/mol. The van der Waals surface area contributed by atoms with Crippen molar-refractivity contribution in [2.24, 2.45) is 5.92 Å². The minimum absolute atomic E-state index is 0.182. The molecule has 0 aliphatic heterocycles. The van der Waals surface area contributed by atoms with Crippen LogP contribution in [0, 0.1) is 5.92 Å². The fourth-order valence-electron chi connectivity index (χ4n) is 2.97. The molecule has 0 saturated heterocycles. The Hall–Kier alpha value is -1.31. The van der Waals surface area contributed by atoms with Gasteiger partial charge in [0.1, 0.15) is 5.75 Å². The summed E-state index contributed by atoms with van der Waals surface area (Å²) in [6.07, 6.45) is 2.75. The number of Topliss-reactive ketones (excluding diaryl/α,β-unsaturated/α-hetero) is 1. The number of phenols is 1. The fraction of sp³-hybridized carbons (Fsp3) is 0.667. The molecule has 0 aliphatic carbocycles. The highest BCUT2D eigenvalue weighted by Gasteiger charge is 2.27. The number of ketones is 1. The second-order valence-electron chi connectivity index (χ2n) is 8.94. The first kappa shape index (κ1) is 19.7. The van der Waals surface area contributed by atoms with Gasteiger partial charge in [-0.1, -0.05) is 68.2 Å². The van der Waals surface area contributed by atoms with Crippen LogP contribution in [-0.2, 0) is 10.8 Å². The van der Waals surface area contributed by atoms with Gasteiger partial charge in [0.25, 0.3) is 0 Å². The van der Waals surface area contributed by atoms with E-state index in [0.29, 0.717) is 18.1 Å². The predicted molar refractivity (Wildman–Crippen MR) is 98.5 cm³/mol. The molecule has 0 unspecified atom stereocenters. The van der Waals surface area contributed by atoms with Crippen molar-refractivity contribution in [1.29, 1.82) is 0 Å². The van der Waals surface area contributed by atoms with Crippen molar-refractivity contribution < 1.29 is 9.90 Å². The minimum atomic E-state index is -0.199. The number of rotatable bonds is 5. The first-order valence-electron chi connectivity index (χ1n) is 8.79. The highest BCUT2D eigenvalue weighted by atomic mass is 16.3. The maximum absolute atomic E-state index is 12.7. The summed E-state index contributed by atoms with van der Waals surface area (Å²) in [4.78, 5) is 12.7. The van der Waals surface area contributed by atoms with E-state index in [4.69, 9.17) is 0 Å². The van der Waals surface area contributed by atoms with Crippen LogP contribution in [0.5, 0.6) is 5.75 Å². The summed E-state index contributed by atoms with van der Waals surface area (Å²) < 4.78 is 0. The summed E-state index contributed by atoms with van der Waals surface area (Å²) in [5.41, 5.74) is 2.05. The lowest BCUT2D eigenvalue weighted by Crippen LogP contribution is -2.19. The summed E-state index contributed by atoms with van der Waals surface area (Å²) in [6.45, 7) is 16.7. The molecule has 1 aromatic carbocycles. The lowest BCUT2D eigenvalue weighted by atomic mass is 9.77. The summed E-state index contributed by atoms with van der Waals surface area (Å²) in [7, 11) is 0. The molecule has 0 heterocycles. The molecule has 130 valence electrons. The van der Waals surface area contributed by atoms with E-state index in [0.717, 1.165) is 29.5 Å². The smallest absolute Gasteiger partial charge is 0.163 e. The van der Waals surface area contributed by atoms with Gasteiger partial charge < -0.3 is 5.11 Å². The van der Waals surface area contributed by atoms with Crippen molar-refractivity contribution in [1.82, 2.24) is 0 Å². The topological polar surface area (TPSA) is 37.3 Å². The monoisotopic (exact) mass is 318 g/mol. The molecule has 1 aromatic rings. The normalized spacial score (nSPS) is 13.9. The number of carbonyl (C=O) groups is 1. The zero-order valence-electron chi connectivity index (χ0n) is 16.2. The number of benzene rings is 1. The first-order valence-corrected chi connectivity index (χ1v) is 8.79. The highest BCUT2D eigenvalue weighted by molar-refractivity contribution is 5.97. The van der Waals surface area contributed by atoms with Gasteiger partial charge in [-0.05, 0) is 28.9 Å². The van der Waals surface area contributed by atoms with Gasteiger partial charge in [-0.15, -0.1) is 0 Å².